The molecule has 0 atom stereocenters. The van der Waals surface area contributed by atoms with Gasteiger partial charge in [0, 0.05) is 54.6 Å². The third kappa shape index (κ3) is 4.34. The second kappa shape index (κ2) is 9.32. The molecule has 0 aliphatic carbocycles. The van der Waals surface area contributed by atoms with E-state index in [1.165, 1.54) is 11.3 Å². The van der Waals surface area contributed by atoms with Gasteiger partial charge in [-0.2, -0.15) is 0 Å². The second-order valence-electron chi connectivity index (χ2n) is 9.59. The van der Waals surface area contributed by atoms with Crippen LogP contribution in [0.4, 0.5) is 14.5 Å². The van der Waals surface area contributed by atoms with Crippen LogP contribution >= 0.6 is 11.3 Å². The molecule has 2 aromatic heterocycles. The lowest BCUT2D eigenvalue weighted by molar-refractivity contribution is 0.0976. The summed E-state index contributed by atoms with van der Waals surface area (Å²) >= 11 is 1.51. The lowest BCUT2D eigenvalue weighted by Crippen LogP contribution is -2.35. The minimum Gasteiger partial charge on any atom is -0.384 e. The van der Waals surface area contributed by atoms with Crippen molar-refractivity contribution in [2.75, 3.05) is 31.5 Å². The average molecular weight is 495 g/mol. The molecule has 4 heterocycles. The summed E-state index contributed by atoms with van der Waals surface area (Å²) in [5.41, 5.74) is 4.45. The lowest BCUT2D eigenvalue weighted by atomic mass is 10.0. The summed E-state index contributed by atoms with van der Waals surface area (Å²) in [6, 6.07) is 9.51. The van der Waals surface area contributed by atoms with Gasteiger partial charge in [-0.3, -0.25) is 9.20 Å². The monoisotopic (exact) mass is 494 g/mol. The maximum Gasteiger partial charge on any atom is 0.195 e. The molecule has 35 heavy (non-hydrogen) atoms. The van der Waals surface area contributed by atoms with Crippen molar-refractivity contribution < 1.29 is 13.6 Å². The number of anilines is 1. The van der Waals surface area contributed by atoms with Gasteiger partial charge < -0.3 is 10.2 Å². The molecule has 2 aliphatic rings. The van der Waals surface area contributed by atoms with E-state index in [1.54, 1.807) is 6.07 Å². The molecular weight excluding hydrogens is 466 g/mol. The van der Waals surface area contributed by atoms with Gasteiger partial charge in [0.1, 0.15) is 12.0 Å². The summed E-state index contributed by atoms with van der Waals surface area (Å²) in [5, 5.41) is 3.21. The molecule has 0 spiro atoms. The van der Waals surface area contributed by atoms with Crippen molar-refractivity contribution in [3.8, 4) is 11.3 Å². The number of benzene rings is 2. The Morgan fingerprint density at radius 1 is 1.17 bits per heavy atom. The van der Waals surface area contributed by atoms with E-state index in [1.807, 2.05) is 34.9 Å². The van der Waals surface area contributed by atoms with Crippen LogP contribution in [0.25, 0.3) is 26.4 Å². The van der Waals surface area contributed by atoms with Gasteiger partial charge in [0.2, 0.25) is 0 Å². The number of rotatable bonds is 7. The van der Waals surface area contributed by atoms with Crippen LogP contribution < -0.4 is 5.32 Å². The predicted molar refractivity (Wildman–Crippen MR) is 137 cm³/mol. The second-order valence-corrected chi connectivity index (χ2v) is 10.6. The molecule has 0 saturated carbocycles. The highest BCUT2D eigenvalue weighted by atomic mass is 32.1. The van der Waals surface area contributed by atoms with Crippen LogP contribution in [0.1, 0.15) is 48.0 Å². The van der Waals surface area contributed by atoms with Crippen LogP contribution in [0.3, 0.4) is 0 Å². The summed E-state index contributed by atoms with van der Waals surface area (Å²) in [6.45, 7) is 3.35. The van der Waals surface area contributed by atoms with Gasteiger partial charge >= 0.3 is 0 Å². The zero-order chi connectivity index (χ0) is 23.9. The molecule has 0 amide bonds. The number of ketones is 1. The lowest BCUT2D eigenvalue weighted by Gasteiger charge is -2.28. The predicted octanol–water partition coefficient (Wildman–Crippen LogP) is 6.11. The van der Waals surface area contributed by atoms with Gasteiger partial charge in [-0.15, -0.1) is 0 Å². The normalized spacial score (nSPS) is 16.7. The molecule has 0 unspecified atom stereocenters. The summed E-state index contributed by atoms with van der Waals surface area (Å²) in [6.07, 6.45) is 5.50. The van der Waals surface area contributed by atoms with E-state index in [2.05, 4.69) is 10.2 Å². The van der Waals surface area contributed by atoms with Crippen molar-refractivity contribution in [1.29, 1.82) is 0 Å². The van der Waals surface area contributed by atoms with Crippen LogP contribution in [0.5, 0.6) is 0 Å². The van der Waals surface area contributed by atoms with Crippen LogP contribution in [0.2, 0.25) is 0 Å². The molecule has 5 nitrogen and oxygen atoms in total. The molecule has 0 bridgehead atoms. The number of hydrogen-bond acceptors (Lipinski definition) is 5. The standard InChI is InChI=1S/C27H28F2N4OS/c28-18-9-13-32(14-10-18)12-2-1-3-24(34)17-4-7-23-25(15-17)35-27-31-22(16-33(23)27)19-5-6-21-20(26(19)29)8-11-30-21/h4-7,15-16,18,30H,1-3,8-14H2. The van der Waals surface area contributed by atoms with E-state index in [9.17, 15) is 9.18 Å². The van der Waals surface area contributed by atoms with Crippen LogP contribution in [-0.2, 0) is 6.42 Å². The highest BCUT2D eigenvalue weighted by Crippen LogP contribution is 2.35. The van der Waals surface area contributed by atoms with E-state index in [0.717, 1.165) is 71.0 Å². The molecule has 8 heteroatoms. The number of carbonyl (C=O) groups excluding carboxylic acids is 1. The van der Waals surface area contributed by atoms with E-state index < -0.39 is 6.17 Å². The first-order valence-corrected chi connectivity index (χ1v) is 13.3. The van der Waals surface area contributed by atoms with E-state index >= 15 is 4.39 Å². The fourth-order valence-corrected chi connectivity index (χ4v) is 6.29. The van der Waals surface area contributed by atoms with Crippen molar-refractivity contribution >= 4 is 38.0 Å². The van der Waals surface area contributed by atoms with Crippen LogP contribution in [0.15, 0.2) is 36.5 Å². The molecule has 182 valence electrons. The van der Waals surface area contributed by atoms with Gasteiger partial charge in [0.15, 0.2) is 10.7 Å². The van der Waals surface area contributed by atoms with Crippen molar-refractivity contribution in [1.82, 2.24) is 14.3 Å². The molecular formula is C27H28F2N4OS. The molecule has 6 rings (SSSR count). The Morgan fingerprint density at radius 3 is 2.89 bits per heavy atom. The number of carbonyl (C=O) groups is 1. The molecule has 1 fully saturated rings. The first kappa shape index (κ1) is 22.6. The fourth-order valence-electron chi connectivity index (χ4n) is 5.25. The van der Waals surface area contributed by atoms with Crippen molar-refractivity contribution in [3.63, 3.8) is 0 Å². The van der Waals surface area contributed by atoms with E-state index in [4.69, 9.17) is 4.98 Å². The number of nitrogens with one attached hydrogen (secondary N) is 1. The number of imidazole rings is 1. The SMILES string of the molecule is O=C(CCCCN1CCC(F)CC1)c1ccc2c(c1)sc1nc(-c3ccc4c(c3F)CCN4)cn12. The molecule has 1 saturated heterocycles. The first-order valence-electron chi connectivity index (χ1n) is 12.4. The molecule has 2 aliphatic heterocycles. The Balaban J connectivity index is 1.14. The number of piperidine rings is 1. The maximum atomic E-state index is 15.1. The van der Waals surface area contributed by atoms with E-state index in [-0.39, 0.29) is 11.6 Å². The molecule has 2 aromatic carbocycles. The largest absolute Gasteiger partial charge is 0.384 e. The number of unbranched alkanes of at least 4 members (excludes halogenated alkanes) is 1. The van der Waals surface area contributed by atoms with Gasteiger partial charge in [0.05, 0.1) is 15.9 Å². The molecule has 4 aromatic rings. The number of fused-ring (bicyclic) bond motifs is 4. The quantitative estimate of drug-likeness (QED) is 0.249. The van der Waals surface area contributed by atoms with Gasteiger partial charge in [-0.25, -0.2) is 13.8 Å². The van der Waals surface area contributed by atoms with Crippen molar-refractivity contribution in [2.45, 2.75) is 44.7 Å². The molecule has 0 radical (unpaired) electrons. The first-order chi connectivity index (χ1) is 17.1. The number of likely N-dealkylation sites (tertiary alicyclic amines) is 1. The van der Waals surface area contributed by atoms with Gasteiger partial charge in [-0.05, 0) is 69.0 Å². The number of halogens is 2. The fraction of sp³-hybridized carbons (Fsp3) is 0.407. The van der Waals surface area contributed by atoms with E-state index in [0.29, 0.717) is 36.9 Å². The van der Waals surface area contributed by atoms with Gasteiger partial charge in [0.25, 0.3) is 0 Å². The number of thiazole rings is 1. The summed E-state index contributed by atoms with van der Waals surface area (Å²) in [4.78, 5) is 20.6. The Hall–Kier alpha value is -2.84. The van der Waals surface area contributed by atoms with Crippen LogP contribution in [0, 0.1) is 5.82 Å². The summed E-state index contributed by atoms with van der Waals surface area (Å²) < 4.78 is 31.3. The zero-order valence-corrected chi connectivity index (χ0v) is 20.3. The highest BCUT2D eigenvalue weighted by Gasteiger charge is 2.21. The summed E-state index contributed by atoms with van der Waals surface area (Å²) in [5.74, 6) is -0.0442. The summed E-state index contributed by atoms with van der Waals surface area (Å²) in [7, 11) is 0. The topological polar surface area (TPSA) is 49.6 Å². The highest BCUT2D eigenvalue weighted by molar-refractivity contribution is 7.23. The Bertz CT molecular complexity index is 1400. The number of alkyl halides is 1. The Labute approximate surface area is 206 Å². The molecule has 1 N–H and O–H groups in total. The minimum absolute atomic E-state index is 0.148. The van der Waals surface area contributed by atoms with Crippen molar-refractivity contribution in [3.05, 3.63) is 53.5 Å². The third-order valence-electron chi connectivity index (χ3n) is 7.27. The van der Waals surface area contributed by atoms with Crippen LogP contribution in [-0.4, -0.2) is 52.4 Å². The van der Waals surface area contributed by atoms with Gasteiger partial charge in [-0.1, -0.05) is 11.3 Å². The zero-order valence-electron chi connectivity index (χ0n) is 19.5. The average Bonchev–Trinajstić information content (AvgIpc) is 3.57. The smallest absolute Gasteiger partial charge is 0.195 e. The minimum atomic E-state index is -0.646. The number of aromatic nitrogens is 2. The number of Topliss-reactive ketones (excluding diaryl/α,β-unsaturated/α-hetero) is 1. The third-order valence-corrected chi connectivity index (χ3v) is 8.29. The number of nitrogens with zero attached hydrogens (tertiary/aromatic N) is 3. The number of hydrogen-bond donors (Lipinski definition) is 1. The Kier molecular flexibility index (Phi) is 6.02. The van der Waals surface area contributed by atoms with Crippen molar-refractivity contribution in [2.24, 2.45) is 0 Å². The maximum absolute atomic E-state index is 15.1. The Morgan fingerprint density at radius 2 is 2.03 bits per heavy atom.